The van der Waals surface area contributed by atoms with Gasteiger partial charge in [0, 0.05) is 17.1 Å². The first-order valence-electron chi connectivity index (χ1n) is 5.66. The van der Waals surface area contributed by atoms with Crippen molar-refractivity contribution in [1.29, 1.82) is 0 Å². The van der Waals surface area contributed by atoms with E-state index in [4.69, 9.17) is 10.7 Å². The SMILES string of the molecule is CC1CCCC(C2CC(=O)N2S(=O)(=O)Cl)C1. The Morgan fingerprint density at radius 2 is 2.06 bits per heavy atom. The summed E-state index contributed by atoms with van der Waals surface area (Å²) in [7, 11) is 1.38. The van der Waals surface area contributed by atoms with Crippen molar-refractivity contribution in [3.8, 4) is 0 Å². The highest BCUT2D eigenvalue weighted by Gasteiger charge is 2.47. The normalized spacial score (nSPS) is 36.0. The Balaban J connectivity index is 2.08. The van der Waals surface area contributed by atoms with Gasteiger partial charge >= 0.3 is 9.24 Å². The Morgan fingerprint density at radius 3 is 2.56 bits per heavy atom. The van der Waals surface area contributed by atoms with E-state index in [2.05, 4.69) is 6.92 Å². The molecule has 0 aromatic heterocycles. The van der Waals surface area contributed by atoms with Crippen LogP contribution in [-0.4, -0.2) is 24.7 Å². The minimum atomic E-state index is -3.88. The lowest BCUT2D eigenvalue weighted by atomic mass is 9.76. The quantitative estimate of drug-likeness (QED) is 0.566. The summed E-state index contributed by atoms with van der Waals surface area (Å²) < 4.78 is 23.3. The molecule has 1 saturated carbocycles. The number of carbonyl (C=O) groups excluding carboxylic acids is 1. The van der Waals surface area contributed by atoms with Gasteiger partial charge in [-0.05, 0) is 24.7 Å². The summed E-state index contributed by atoms with van der Waals surface area (Å²) in [5, 5.41) is 0. The zero-order valence-electron chi connectivity index (χ0n) is 9.23. The molecule has 2 rings (SSSR count). The molecule has 0 bridgehead atoms. The third kappa shape index (κ3) is 2.20. The number of carbonyl (C=O) groups is 1. The van der Waals surface area contributed by atoms with Gasteiger partial charge in [-0.1, -0.05) is 19.8 Å². The van der Waals surface area contributed by atoms with Crippen molar-refractivity contribution in [2.75, 3.05) is 0 Å². The molecule has 1 saturated heterocycles. The molecule has 6 heteroatoms. The molecule has 92 valence electrons. The Morgan fingerprint density at radius 1 is 1.38 bits per heavy atom. The van der Waals surface area contributed by atoms with Gasteiger partial charge in [-0.3, -0.25) is 4.79 Å². The highest BCUT2D eigenvalue weighted by atomic mass is 35.7. The molecule has 1 amide bonds. The van der Waals surface area contributed by atoms with E-state index in [0.29, 0.717) is 18.3 Å². The van der Waals surface area contributed by atoms with Gasteiger partial charge in [0.05, 0.1) is 6.04 Å². The van der Waals surface area contributed by atoms with Crippen LogP contribution in [0.15, 0.2) is 0 Å². The predicted octanol–water partition coefficient (Wildman–Crippen LogP) is 1.90. The summed E-state index contributed by atoms with van der Waals surface area (Å²) in [5.41, 5.74) is 0. The van der Waals surface area contributed by atoms with Crippen molar-refractivity contribution < 1.29 is 13.2 Å². The fraction of sp³-hybridized carbons (Fsp3) is 0.900. The number of nitrogens with zero attached hydrogens (tertiary/aromatic N) is 1. The molecule has 1 aliphatic heterocycles. The van der Waals surface area contributed by atoms with Crippen molar-refractivity contribution >= 4 is 25.8 Å². The second-order valence-electron chi connectivity index (χ2n) is 4.93. The van der Waals surface area contributed by atoms with Gasteiger partial charge in [-0.15, -0.1) is 0 Å². The smallest absolute Gasteiger partial charge is 0.274 e. The van der Waals surface area contributed by atoms with Crippen LogP contribution in [0.25, 0.3) is 0 Å². The monoisotopic (exact) mass is 265 g/mol. The molecule has 0 aromatic carbocycles. The van der Waals surface area contributed by atoms with Crippen LogP contribution in [0.1, 0.15) is 39.0 Å². The summed E-state index contributed by atoms with van der Waals surface area (Å²) in [6.07, 6.45) is 4.66. The zero-order chi connectivity index (χ0) is 11.9. The van der Waals surface area contributed by atoms with E-state index < -0.39 is 9.24 Å². The third-order valence-electron chi connectivity index (χ3n) is 3.69. The molecule has 2 aliphatic rings. The maximum Gasteiger partial charge on any atom is 0.324 e. The Kier molecular flexibility index (Phi) is 3.18. The molecule has 16 heavy (non-hydrogen) atoms. The summed E-state index contributed by atoms with van der Waals surface area (Å²) in [4.78, 5) is 11.3. The van der Waals surface area contributed by atoms with Gasteiger partial charge in [0.15, 0.2) is 0 Å². The fourth-order valence-corrected chi connectivity index (χ4v) is 4.32. The van der Waals surface area contributed by atoms with Crippen LogP contribution < -0.4 is 0 Å². The molecule has 3 unspecified atom stereocenters. The molecule has 0 aromatic rings. The maximum absolute atomic E-state index is 11.3. The van der Waals surface area contributed by atoms with Gasteiger partial charge in [0.2, 0.25) is 5.91 Å². The summed E-state index contributed by atoms with van der Waals surface area (Å²) >= 11 is 0. The minimum Gasteiger partial charge on any atom is -0.274 e. The van der Waals surface area contributed by atoms with E-state index in [1.54, 1.807) is 0 Å². The van der Waals surface area contributed by atoms with Gasteiger partial charge < -0.3 is 0 Å². The zero-order valence-corrected chi connectivity index (χ0v) is 10.8. The highest BCUT2D eigenvalue weighted by Crippen LogP contribution is 2.39. The largest absolute Gasteiger partial charge is 0.324 e. The number of hydrogen-bond donors (Lipinski definition) is 0. The van der Waals surface area contributed by atoms with E-state index in [-0.39, 0.29) is 11.9 Å². The molecule has 0 spiro atoms. The Bertz CT molecular complexity index is 395. The van der Waals surface area contributed by atoms with Gasteiger partial charge in [0.1, 0.15) is 0 Å². The Labute approximate surface area is 101 Å². The lowest BCUT2D eigenvalue weighted by Crippen LogP contribution is -2.57. The molecular weight excluding hydrogens is 250 g/mol. The number of halogens is 1. The first kappa shape index (κ1) is 12.2. The average Bonchev–Trinajstić information content (AvgIpc) is 2.11. The second kappa shape index (κ2) is 4.18. The van der Waals surface area contributed by atoms with E-state index in [9.17, 15) is 13.2 Å². The molecule has 0 radical (unpaired) electrons. The van der Waals surface area contributed by atoms with E-state index in [0.717, 1.165) is 23.6 Å². The number of β-lactam (4-membered cyclic amide) rings is 1. The van der Waals surface area contributed by atoms with E-state index >= 15 is 0 Å². The average molecular weight is 266 g/mol. The van der Waals surface area contributed by atoms with E-state index in [1.807, 2.05) is 0 Å². The predicted molar refractivity (Wildman–Crippen MR) is 61.1 cm³/mol. The van der Waals surface area contributed by atoms with Crippen LogP contribution >= 0.6 is 10.7 Å². The Hall–Kier alpha value is -0.290. The maximum atomic E-state index is 11.3. The summed E-state index contributed by atoms with van der Waals surface area (Å²) in [6, 6.07) is -0.183. The topological polar surface area (TPSA) is 54.5 Å². The van der Waals surface area contributed by atoms with Crippen LogP contribution in [0.3, 0.4) is 0 Å². The van der Waals surface area contributed by atoms with Crippen LogP contribution in [0.4, 0.5) is 0 Å². The standard InChI is InChI=1S/C10H16ClNO3S/c1-7-3-2-4-8(5-7)9-6-10(13)12(9)16(11,14)15/h7-9H,2-6H2,1H3. The summed E-state index contributed by atoms with van der Waals surface area (Å²) in [5.74, 6) is 0.558. The highest BCUT2D eigenvalue weighted by molar-refractivity contribution is 8.12. The molecular formula is C10H16ClNO3S. The molecule has 1 aliphatic carbocycles. The van der Waals surface area contributed by atoms with Crippen LogP contribution in [0.5, 0.6) is 0 Å². The minimum absolute atomic E-state index is 0.183. The third-order valence-corrected chi connectivity index (χ3v) is 5.08. The van der Waals surface area contributed by atoms with Crippen molar-refractivity contribution in [3.63, 3.8) is 0 Å². The molecule has 0 N–H and O–H groups in total. The fourth-order valence-electron chi connectivity index (χ4n) is 2.90. The second-order valence-corrected chi connectivity index (χ2v) is 7.32. The van der Waals surface area contributed by atoms with Gasteiger partial charge in [-0.25, -0.2) is 4.31 Å². The number of rotatable bonds is 2. The van der Waals surface area contributed by atoms with Crippen molar-refractivity contribution in [2.45, 2.75) is 45.1 Å². The lowest BCUT2D eigenvalue weighted by Gasteiger charge is -2.44. The first-order valence-corrected chi connectivity index (χ1v) is 7.93. The van der Waals surface area contributed by atoms with Crippen molar-refractivity contribution in [1.82, 2.24) is 4.31 Å². The lowest BCUT2D eigenvalue weighted by molar-refractivity contribution is -0.140. The van der Waals surface area contributed by atoms with Crippen molar-refractivity contribution in [3.05, 3.63) is 0 Å². The van der Waals surface area contributed by atoms with Gasteiger partial charge in [0.25, 0.3) is 0 Å². The molecule has 3 atom stereocenters. The number of amides is 1. The van der Waals surface area contributed by atoms with Crippen molar-refractivity contribution in [2.24, 2.45) is 11.8 Å². The molecule has 2 fully saturated rings. The first-order chi connectivity index (χ1) is 7.39. The van der Waals surface area contributed by atoms with E-state index in [1.165, 1.54) is 6.42 Å². The van der Waals surface area contributed by atoms with Crippen LogP contribution in [-0.2, 0) is 14.0 Å². The van der Waals surface area contributed by atoms with Gasteiger partial charge in [-0.2, -0.15) is 8.42 Å². The molecule has 4 nitrogen and oxygen atoms in total. The summed E-state index contributed by atoms with van der Waals surface area (Å²) in [6.45, 7) is 2.17. The van der Waals surface area contributed by atoms with Crippen LogP contribution in [0, 0.1) is 11.8 Å². The number of hydrogen-bond acceptors (Lipinski definition) is 3. The van der Waals surface area contributed by atoms with Crippen LogP contribution in [0.2, 0.25) is 0 Å². The molecule has 1 heterocycles.